The number of hydrogen-bond acceptors (Lipinski definition) is 5. The van der Waals surface area contributed by atoms with Crippen LogP contribution in [0.3, 0.4) is 0 Å². The third kappa shape index (κ3) is 6.39. The lowest BCUT2D eigenvalue weighted by Gasteiger charge is -2.30. The number of nitrogens with zero attached hydrogens (tertiary/aromatic N) is 1. The Balaban J connectivity index is 1.70. The molecule has 1 aliphatic rings. The van der Waals surface area contributed by atoms with E-state index >= 15 is 0 Å². The zero-order chi connectivity index (χ0) is 23.3. The van der Waals surface area contributed by atoms with Gasteiger partial charge in [-0.25, -0.2) is 4.79 Å². The molecule has 2 amide bonds. The highest BCUT2D eigenvalue weighted by molar-refractivity contribution is 5.86. The number of carbonyl (C=O) groups is 2. The van der Waals surface area contributed by atoms with Crippen molar-refractivity contribution in [3.8, 4) is 11.5 Å². The van der Waals surface area contributed by atoms with Crippen LogP contribution in [-0.4, -0.2) is 48.4 Å². The number of likely N-dealkylation sites (N-methyl/N-ethyl adjacent to an activating group) is 1. The third-order valence-corrected chi connectivity index (χ3v) is 5.25. The fourth-order valence-corrected chi connectivity index (χ4v) is 3.51. The van der Waals surface area contributed by atoms with Gasteiger partial charge in [-0.15, -0.1) is 0 Å². The molecule has 1 aliphatic heterocycles. The molecule has 7 nitrogen and oxygen atoms in total. The quantitative estimate of drug-likeness (QED) is 0.706. The van der Waals surface area contributed by atoms with Crippen LogP contribution in [0.4, 0.5) is 4.79 Å². The van der Waals surface area contributed by atoms with Gasteiger partial charge < -0.3 is 24.4 Å². The number of amides is 2. The maximum Gasteiger partial charge on any atom is 0.408 e. The van der Waals surface area contributed by atoms with E-state index in [1.165, 1.54) is 0 Å². The first-order valence-corrected chi connectivity index (χ1v) is 10.8. The molecule has 2 atom stereocenters. The van der Waals surface area contributed by atoms with Crippen molar-refractivity contribution in [1.29, 1.82) is 0 Å². The van der Waals surface area contributed by atoms with E-state index in [9.17, 15) is 9.59 Å². The first kappa shape index (κ1) is 23.4. The fraction of sp³-hybridized carbons (Fsp3) is 0.440. The average Bonchev–Trinajstić information content (AvgIpc) is 3.19. The Bertz CT molecular complexity index is 939. The lowest BCUT2D eigenvalue weighted by Crippen LogP contribution is -2.52. The SMILES string of the molecule is C[C@H](Cc1ccc2c(c1)OCO2)N(C)C(=O)[C@@H](Cc1ccccc1)NC(=O)OC(C)(C)C. The average molecular weight is 441 g/mol. The number of carbonyl (C=O) groups excluding carboxylic acids is 2. The van der Waals surface area contributed by atoms with Crippen molar-refractivity contribution < 1.29 is 23.8 Å². The van der Waals surface area contributed by atoms with Crippen LogP contribution in [0.25, 0.3) is 0 Å². The van der Waals surface area contributed by atoms with E-state index in [1.807, 2.05) is 55.5 Å². The number of fused-ring (bicyclic) bond motifs is 1. The summed E-state index contributed by atoms with van der Waals surface area (Å²) in [5.41, 5.74) is 1.35. The molecule has 2 aromatic rings. The predicted octanol–water partition coefficient (Wildman–Crippen LogP) is 3.94. The van der Waals surface area contributed by atoms with Gasteiger partial charge in [-0.2, -0.15) is 0 Å². The smallest absolute Gasteiger partial charge is 0.408 e. The number of ether oxygens (including phenoxy) is 3. The summed E-state index contributed by atoms with van der Waals surface area (Å²) in [6.07, 6.45) is 0.409. The van der Waals surface area contributed by atoms with Crippen LogP contribution >= 0.6 is 0 Å². The Morgan fingerprint density at radius 2 is 1.72 bits per heavy atom. The minimum atomic E-state index is -0.739. The molecule has 0 bridgehead atoms. The van der Waals surface area contributed by atoms with Crippen molar-refractivity contribution in [2.75, 3.05) is 13.8 Å². The van der Waals surface area contributed by atoms with Gasteiger partial charge >= 0.3 is 6.09 Å². The van der Waals surface area contributed by atoms with Crippen LogP contribution in [0.15, 0.2) is 48.5 Å². The van der Waals surface area contributed by atoms with Gasteiger partial charge in [0.2, 0.25) is 12.7 Å². The highest BCUT2D eigenvalue weighted by Crippen LogP contribution is 2.33. The second kappa shape index (κ2) is 9.94. The van der Waals surface area contributed by atoms with Gasteiger partial charge in [-0.05, 0) is 57.4 Å². The molecule has 0 saturated carbocycles. The zero-order valence-electron chi connectivity index (χ0n) is 19.4. The Kier molecular flexibility index (Phi) is 7.28. The molecule has 1 heterocycles. The van der Waals surface area contributed by atoms with Crippen molar-refractivity contribution in [2.45, 2.75) is 58.2 Å². The molecular formula is C25H32N2O5. The molecule has 0 aliphatic carbocycles. The molecule has 7 heteroatoms. The van der Waals surface area contributed by atoms with Crippen LogP contribution in [0.2, 0.25) is 0 Å². The van der Waals surface area contributed by atoms with Crippen molar-refractivity contribution in [3.05, 3.63) is 59.7 Å². The summed E-state index contributed by atoms with van der Waals surface area (Å²) in [7, 11) is 1.76. The van der Waals surface area contributed by atoms with Gasteiger partial charge in [-0.1, -0.05) is 36.4 Å². The maximum atomic E-state index is 13.4. The van der Waals surface area contributed by atoms with E-state index in [0.717, 1.165) is 22.6 Å². The van der Waals surface area contributed by atoms with Gasteiger partial charge in [0.05, 0.1) is 0 Å². The summed E-state index contributed by atoms with van der Waals surface area (Å²) in [6, 6.07) is 14.6. The predicted molar refractivity (Wildman–Crippen MR) is 122 cm³/mol. The monoisotopic (exact) mass is 440 g/mol. The van der Waals surface area contributed by atoms with Crippen LogP contribution in [0.5, 0.6) is 11.5 Å². The largest absolute Gasteiger partial charge is 0.454 e. The zero-order valence-corrected chi connectivity index (χ0v) is 19.4. The normalized spacial score (nSPS) is 14.4. The summed E-state index contributed by atoms with van der Waals surface area (Å²) in [4.78, 5) is 27.5. The molecule has 0 spiro atoms. The van der Waals surface area contributed by atoms with E-state index in [-0.39, 0.29) is 18.7 Å². The Labute approximate surface area is 189 Å². The molecule has 172 valence electrons. The van der Waals surface area contributed by atoms with Gasteiger partial charge in [0.15, 0.2) is 11.5 Å². The minimum absolute atomic E-state index is 0.0958. The second-order valence-electron chi connectivity index (χ2n) is 9.08. The highest BCUT2D eigenvalue weighted by atomic mass is 16.7. The highest BCUT2D eigenvalue weighted by Gasteiger charge is 2.29. The Morgan fingerprint density at radius 1 is 1.03 bits per heavy atom. The van der Waals surface area contributed by atoms with E-state index in [1.54, 1.807) is 32.7 Å². The van der Waals surface area contributed by atoms with Crippen molar-refractivity contribution in [3.63, 3.8) is 0 Å². The molecule has 0 fully saturated rings. The Hall–Kier alpha value is -3.22. The molecular weight excluding hydrogens is 408 g/mol. The molecule has 32 heavy (non-hydrogen) atoms. The number of alkyl carbamates (subject to hydrolysis) is 1. The van der Waals surface area contributed by atoms with Crippen LogP contribution < -0.4 is 14.8 Å². The minimum Gasteiger partial charge on any atom is -0.454 e. The van der Waals surface area contributed by atoms with Crippen LogP contribution in [0, 0.1) is 0 Å². The molecule has 1 N–H and O–H groups in total. The standard InChI is InChI=1S/C25H32N2O5/c1-17(13-19-11-12-21-22(15-19)31-16-30-21)27(5)23(28)20(14-18-9-7-6-8-10-18)26-24(29)32-25(2,3)4/h6-12,15,17,20H,13-14,16H2,1-5H3,(H,26,29)/t17-,20-/m1/s1. The van der Waals surface area contributed by atoms with E-state index < -0.39 is 17.7 Å². The van der Waals surface area contributed by atoms with E-state index in [4.69, 9.17) is 14.2 Å². The molecule has 0 unspecified atom stereocenters. The van der Waals surface area contributed by atoms with Crippen LogP contribution in [-0.2, 0) is 22.4 Å². The number of hydrogen-bond donors (Lipinski definition) is 1. The first-order valence-electron chi connectivity index (χ1n) is 10.8. The topological polar surface area (TPSA) is 77.1 Å². The van der Waals surface area contributed by atoms with Crippen molar-refractivity contribution in [2.24, 2.45) is 0 Å². The summed E-state index contributed by atoms with van der Waals surface area (Å²) in [6.45, 7) is 7.58. The molecule has 0 saturated heterocycles. The summed E-state index contributed by atoms with van der Waals surface area (Å²) >= 11 is 0. The van der Waals surface area contributed by atoms with Crippen molar-refractivity contribution in [1.82, 2.24) is 10.2 Å². The fourth-order valence-electron chi connectivity index (χ4n) is 3.51. The molecule has 2 aromatic carbocycles. The lowest BCUT2D eigenvalue weighted by atomic mass is 10.0. The summed E-state index contributed by atoms with van der Waals surface area (Å²) in [5.74, 6) is 1.28. The molecule has 0 aromatic heterocycles. The van der Waals surface area contributed by atoms with Gasteiger partial charge in [-0.3, -0.25) is 4.79 Å². The number of nitrogens with one attached hydrogen (secondary N) is 1. The lowest BCUT2D eigenvalue weighted by molar-refractivity contribution is -0.133. The second-order valence-corrected chi connectivity index (χ2v) is 9.08. The van der Waals surface area contributed by atoms with Gasteiger partial charge in [0.1, 0.15) is 11.6 Å². The molecule has 0 radical (unpaired) electrons. The van der Waals surface area contributed by atoms with E-state index in [0.29, 0.717) is 12.8 Å². The first-order chi connectivity index (χ1) is 15.1. The van der Waals surface area contributed by atoms with Crippen LogP contribution in [0.1, 0.15) is 38.8 Å². The summed E-state index contributed by atoms with van der Waals surface area (Å²) in [5, 5.41) is 2.77. The third-order valence-electron chi connectivity index (χ3n) is 5.25. The molecule has 3 rings (SSSR count). The van der Waals surface area contributed by atoms with Crippen molar-refractivity contribution >= 4 is 12.0 Å². The Morgan fingerprint density at radius 3 is 2.41 bits per heavy atom. The number of rotatable bonds is 7. The maximum absolute atomic E-state index is 13.4. The van der Waals surface area contributed by atoms with Gasteiger partial charge in [0.25, 0.3) is 0 Å². The van der Waals surface area contributed by atoms with E-state index in [2.05, 4.69) is 5.32 Å². The summed E-state index contributed by atoms with van der Waals surface area (Å²) < 4.78 is 16.2. The number of benzene rings is 2. The van der Waals surface area contributed by atoms with Gasteiger partial charge in [0, 0.05) is 19.5 Å².